The summed E-state index contributed by atoms with van der Waals surface area (Å²) in [6, 6.07) is 9.43. The number of amides is 2. The van der Waals surface area contributed by atoms with Crippen LogP contribution in [-0.4, -0.2) is 56.1 Å². The van der Waals surface area contributed by atoms with Crippen molar-refractivity contribution in [3.05, 3.63) is 35.4 Å². The van der Waals surface area contributed by atoms with Crippen LogP contribution in [0.25, 0.3) is 21.5 Å². The van der Waals surface area contributed by atoms with E-state index < -0.39 is 54.6 Å². The largest absolute Gasteiger partial charge is 0.475 e. The van der Waals surface area contributed by atoms with E-state index in [0.717, 1.165) is 0 Å². The number of carbonyl (C=O) groups excluding carboxylic acids is 2. The summed E-state index contributed by atoms with van der Waals surface area (Å²) in [5, 5.41) is 5.52. The molecule has 4 atom stereocenters. The maximum absolute atomic E-state index is 14.8. The van der Waals surface area contributed by atoms with E-state index in [1.807, 2.05) is 0 Å². The molecular formula is C43H69NO4Si4. The highest BCUT2D eigenvalue weighted by Gasteiger charge is 2.85. The smallest absolute Gasteiger partial charge is 0.235 e. The molecule has 286 valence electrons. The molecule has 2 saturated heterocycles. The molecule has 2 bridgehead atoms. The molecule has 2 amide bonds. The molecule has 4 heterocycles. The minimum atomic E-state index is -2.63. The van der Waals surface area contributed by atoms with Crippen molar-refractivity contribution in [2.75, 3.05) is 7.05 Å². The van der Waals surface area contributed by atoms with Crippen molar-refractivity contribution in [1.29, 1.82) is 0 Å². The van der Waals surface area contributed by atoms with Gasteiger partial charge in [0.2, 0.25) is 11.8 Å². The van der Waals surface area contributed by atoms with Crippen LogP contribution in [0.5, 0.6) is 0 Å². The lowest BCUT2D eigenvalue weighted by Crippen LogP contribution is -2.62. The maximum Gasteiger partial charge on any atom is 0.235 e. The molecule has 1 aromatic heterocycles. The van der Waals surface area contributed by atoms with Crippen LogP contribution in [0.4, 0.5) is 0 Å². The van der Waals surface area contributed by atoms with Gasteiger partial charge in [-0.15, -0.1) is 0 Å². The Bertz CT molecular complexity index is 2050. The van der Waals surface area contributed by atoms with E-state index in [1.54, 1.807) is 7.05 Å². The number of benzene rings is 2. The van der Waals surface area contributed by atoms with Gasteiger partial charge in [0, 0.05) is 17.8 Å². The Morgan fingerprint density at radius 1 is 0.558 bits per heavy atom. The second kappa shape index (κ2) is 10.7. The fourth-order valence-corrected chi connectivity index (χ4v) is 20.6. The first-order chi connectivity index (χ1) is 23.1. The first kappa shape index (κ1) is 39.9. The fraction of sp³-hybridized carbons (Fsp3) is 0.674. The molecule has 0 spiro atoms. The molecule has 0 N–H and O–H groups in total. The van der Waals surface area contributed by atoms with Crippen LogP contribution < -0.4 is 10.8 Å². The first-order valence-electron chi connectivity index (χ1n) is 19.7. The zero-order chi connectivity index (χ0) is 39.7. The van der Waals surface area contributed by atoms with Crippen molar-refractivity contribution in [2.24, 2.45) is 11.8 Å². The Morgan fingerprint density at radius 2 is 0.962 bits per heavy atom. The minimum absolute atomic E-state index is 0.0596. The Labute approximate surface area is 319 Å². The lowest BCUT2D eigenvalue weighted by Gasteiger charge is -2.51. The van der Waals surface area contributed by atoms with Crippen molar-refractivity contribution in [3.8, 4) is 0 Å². The number of carbonyl (C=O) groups is 2. The second-order valence-electron chi connectivity index (χ2n) is 23.1. The number of hydrogen-bond acceptors (Lipinski definition) is 4. The summed E-state index contributed by atoms with van der Waals surface area (Å²) < 4.78 is 15.5. The Morgan fingerprint density at radius 3 is 1.42 bits per heavy atom. The van der Waals surface area contributed by atoms with Crippen LogP contribution >= 0.6 is 0 Å². The van der Waals surface area contributed by atoms with Gasteiger partial charge in [-0.05, 0) is 42.1 Å². The Hall–Kier alpha value is -1.79. The summed E-state index contributed by atoms with van der Waals surface area (Å²) in [6.07, 6.45) is 0. The first-order valence-corrected chi connectivity index (χ1v) is 31.7. The zero-order valence-corrected chi connectivity index (χ0v) is 40.5. The van der Waals surface area contributed by atoms with E-state index in [1.165, 1.54) is 48.3 Å². The minimum Gasteiger partial charge on any atom is -0.475 e. The number of fused-ring (bicyclic) bond motifs is 12. The highest BCUT2D eigenvalue weighted by Crippen LogP contribution is 2.76. The highest BCUT2D eigenvalue weighted by atomic mass is 28.3. The third-order valence-electron chi connectivity index (χ3n) is 16.9. The van der Waals surface area contributed by atoms with E-state index in [-0.39, 0.29) is 32.0 Å². The molecule has 3 aliphatic heterocycles. The van der Waals surface area contributed by atoms with Gasteiger partial charge in [0.15, 0.2) is 0 Å². The van der Waals surface area contributed by atoms with E-state index >= 15 is 0 Å². The molecular weight excluding hydrogens is 707 g/mol. The predicted octanol–water partition coefficient (Wildman–Crippen LogP) is 10.8. The standard InChI is InChI=1S/C43H69NO4Si4/c1-38(2,3)49(14,15)36-28-23-22-27-26(30(28)37(47-36)50(16,17)39(4,5)6)24-25-29-31(27)43(52(20,21)41(10,11)12)33-32(34(45)44(13)35(33)46)42(29,48-43)51(18,19)40(7,8)9/h22-25,32-33H,1-21H3/t32-,33+,42-,43+/m1/s1. The Balaban J connectivity index is 1.89. The molecule has 9 heteroatoms. The van der Waals surface area contributed by atoms with Crippen LogP contribution in [0, 0.1) is 11.8 Å². The number of rotatable bonds is 4. The van der Waals surface area contributed by atoms with E-state index in [2.05, 4.69) is 160 Å². The number of furan rings is 1. The van der Waals surface area contributed by atoms with Gasteiger partial charge >= 0.3 is 0 Å². The predicted molar refractivity (Wildman–Crippen MR) is 231 cm³/mol. The molecule has 2 aromatic carbocycles. The van der Waals surface area contributed by atoms with Gasteiger partial charge in [0.05, 0.1) is 49.2 Å². The topological polar surface area (TPSA) is 59.8 Å². The number of hydrogen-bond donors (Lipinski definition) is 0. The molecule has 6 rings (SSSR count). The average molecular weight is 776 g/mol. The SMILES string of the molecule is CN1C(=O)[C@@H]2[C@H](C1=O)[C@@]1([Si](C)(C)C(C)(C)C)O[C@]2([Si](C)(C)C(C)(C)C)c2c1ccc1c2ccc2c([Si](C)(C)C(C)(C)C)oc([Si](C)(C)C(C)(C)C)c21. The van der Waals surface area contributed by atoms with E-state index in [9.17, 15) is 9.59 Å². The average Bonchev–Trinajstić information content (AvgIpc) is 3.69. The van der Waals surface area contributed by atoms with Gasteiger partial charge in [0.25, 0.3) is 0 Å². The molecule has 0 radical (unpaired) electrons. The van der Waals surface area contributed by atoms with Crippen molar-refractivity contribution >= 4 is 76.4 Å². The third kappa shape index (κ3) is 4.40. The van der Waals surface area contributed by atoms with Gasteiger partial charge in [-0.2, -0.15) is 0 Å². The summed E-state index contributed by atoms with van der Waals surface area (Å²) in [5.41, 5.74) is 2.38. The summed E-state index contributed by atoms with van der Waals surface area (Å²) in [5.74, 6) is -1.18. The summed E-state index contributed by atoms with van der Waals surface area (Å²) >= 11 is 0. The molecule has 52 heavy (non-hydrogen) atoms. The number of ether oxygens (including phenoxy) is 1. The second-order valence-corrected chi connectivity index (χ2v) is 44.5. The van der Waals surface area contributed by atoms with Crippen molar-refractivity contribution in [2.45, 2.75) is 166 Å². The normalized spacial score (nSPS) is 26.3. The van der Waals surface area contributed by atoms with Crippen LogP contribution in [0.15, 0.2) is 28.7 Å². The summed E-state index contributed by atoms with van der Waals surface area (Å²) in [6.45, 7) is 47.8. The van der Waals surface area contributed by atoms with Crippen molar-refractivity contribution in [1.82, 2.24) is 4.90 Å². The molecule has 0 aliphatic carbocycles. The Kier molecular flexibility index (Phi) is 8.24. The zero-order valence-electron chi connectivity index (χ0n) is 36.5. The van der Waals surface area contributed by atoms with Crippen LogP contribution in [0.1, 0.15) is 94.2 Å². The number of likely N-dealkylation sites (tertiary alicyclic amines) is 1. The van der Waals surface area contributed by atoms with Crippen LogP contribution in [0.2, 0.25) is 72.5 Å². The molecule has 0 saturated carbocycles. The van der Waals surface area contributed by atoms with E-state index in [0.29, 0.717) is 0 Å². The molecule has 5 nitrogen and oxygen atoms in total. The van der Waals surface area contributed by atoms with Gasteiger partial charge in [-0.3, -0.25) is 14.5 Å². The third-order valence-corrected chi connectivity index (χ3v) is 39.9. The van der Waals surface area contributed by atoms with Crippen molar-refractivity contribution < 1.29 is 18.7 Å². The van der Waals surface area contributed by atoms with Gasteiger partial charge in [-0.1, -0.05) is 160 Å². The van der Waals surface area contributed by atoms with E-state index in [4.69, 9.17) is 9.15 Å². The lowest BCUT2D eigenvalue weighted by atomic mass is 9.74. The summed E-state index contributed by atoms with van der Waals surface area (Å²) in [4.78, 5) is 30.9. The van der Waals surface area contributed by atoms with Gasteiger partial charge in [-0.25, -0.2) is 0 Å². The monoisotopic (exact) mass is 775 g/mol. The fourth-order valence-electron chi connectivity index (χ4n) is 9.58. The molecule has 3 aromatic rings. The summed E-state index contributed by atoms with van der Waals surface area (Å²) in [7, 11) is -7.76. The molecule has 2 fully saturated rings. The van der Waals surface area contributed by atoms with Crippen LogP contribution in [-0.2, 0) is 24.8 Å². The van der Waals surface area contributed by atoms with Gasteiger partial charge < -0.3 is 9.15 Å². The van der Waals surface area contributed by atoms with Crippen molar-refractivity contribution in [3.63, 3.8) is 0 Å². The highest BCUT2D eigenvalue weighted by molar-refractivity contribution is 6.96. The lowest BCUT2D eigenvalue weighted by molar-refractivity contribution is -0.144. The van der Waals surface area contributed by atoms with Gasteiger partial charge in [0.1, 0.15) is 16.1 Å². The number of imide groups is 1. The molecule has 3 aliphatic rings. The maximum atomic E-state index is 14.8. The quantitative estimate of drug-likeness (QED) is 0.196. The molecule has 0 unspecified atom stereocenters. The number of nitrogens with zero attached hydrogens (tertiary/aromatic N) is 1. The van der Waals surface area contributed by atoms with Crippen LogP contribution in [0.3, 0.4) is 0 Å².